The first kappa shape index (κ1) is 22.0. The van der Waals surface area contributed by atoms with Crippen molar-refractivity contribution in [3.05, 3.63) is 84.3 Å². The molecule has 0 aliphatic rings. The van der Waals surface area contributed by atoms with Gasteiger partial charge < -0.3 is 15.0 Å². The van der Waals surface area contributed by atoms with E-state index in [1.54, 1.807) is 18.3 Å². The van der Waals surface area contributed by atoms with Gasteiger partial charge in [0, 0.05) is 39.6 Å². The predicted octanol–water partition coefficient (Wildman–Crippen LogP) is 5.47. The zero-order chi connectivity index (χ0) is 22.1. The molecule has 31 heavy (non-hydrogen) atoms. The lowest BCUT2D eigenvalue weighted by Crippen LogP contribution is -2.23. The largest absolute Gasteiger partial charge is 0.508 e. The Hall–Kier alpha value is -2.18. The van der Waals surface area contributed by atoms with Crippen molar-refractivity contribution in [3.63, 3.8) is 0 Å². The Morgan fingerprint density at radius 3 is 2.55 bits per heavy atom. The molecule has 0 saturated heterocycles. The van der Waals surface area contributed by atoms with Crippen LogP contribution >= 0.6 is 56.8 Å². The number of hydrogen-bond donors (Lipinski definition) is 2. The van der Waals surface area contributed by atoms with Crippen molar-refractivity contribution in [2.24, 2.45) is 0 Å². The number of fused-ring (bicyclic) bond motifs is 1. The van der Waals surface area contributed by atoms with Crippen molar-refractivity contribution in [2.45, 2.75) is 6.54 Å². The van der Waals surface area contributed by atoms with Gasteiger partial charge >= 0.3 is 0 Å². The number of rotatable bonds is 5. The molecule has 2 N–H and O–H groups in total. The Kier molecular flexibility index (Phi) is 6.49. The van der Waals surface area contributed by atoms with E-state index in [1.165, 1.54) is 18.5 Å². The number of halogens is 3. The van der Waals surface area contributed by atoms with Gasteiger partial charge in [0.1, 0.15) is 5.75 Å². The van der Waals surface area contributed by atoms with Crippen LogP contribution in [0.2, 0.25) is 5.02 Å². The van der Waals surface area contributed by atoms with E-state index in [2.05, 4.69) is 32.9 Å². The number of Topliss-reactive ketones (excluding diaryl/α,β-unsaturated/α-hetero) is 1. The highest BCUT2D eigenvalue weighted by Gasteiger charge is 2.23. The smallest absolute Gasteiger partial charge is 0.296 e. The number of phenols is 1. The van der Waals surface area contributed by atoms with Crippen molar-refractivity contribution in [1.82, 2.24) is 9.55 Å². The van der Waals surface area contributed by atoms with E-state index in [0.717, 1.165) is 14.7 Å². The van der Waals surface area contributed by atoms with Crippen LogP contribution in [0.25, 0.3) is 10.9 Å². The van der Waals surface area contributed by atoms with E-state index >= 15 is 0 Å². The molecule has 156 valence electrons. The second kappa shape index (κ2) is 9.13. The third kappa shape index (κ3) is 4.70. The molecule has 4 rings (SSSR count). The Morgan fingerprint density at radius 2 is 1.84 bits per heavy atom. The summed E-state index contributed by atoms with van der Waals surface area (Å²) in [6.07, 6.45) is 4.58. The maximum atomic E-state index is 13.0. The number of aromatic hydroxyl groups is 1. The number of ketones is 1. The Morgan fingerprint density at radius 1 is 1.10 bits per heavy atom. The van der Waals surface area contributed by atoms with Crippen molar-refractivity contribution in [3.8, 4) is 5.75 Å². The summed E-state index contributed by atoms with van der Waals surface area (Å²) in [6.45, 7) is 0.515. The summed E-state index contributed by atoms with van der Waals surface area (Å²) in [4.78, 5) is 29.7. The number of phenolic OH excluding ortho intramolecular Hbond substituents is 1. The van der Waals surface area contributed by atoms with E-state index in [0.29, 0.717) is 21.2 Å². The summed E-state index contributed by atoms with van der Waals surface area (Å²) in [5, 5.41) is 13.3. The van der Waals surface area contributed by atoms with Crippen LogP contribution in [0.5, 0.6) is 5.75 Å². The van der Waals surface area contributed by atoms with E-state index in [-0.39, 0.29) is 16.3 Å². The number of pyridine rings is 1. The van der Waals surface area contributed by atoms with Crippen molar-refractivity contribution in [1.29, 1.82) is 0 Å². The van der Waals surface area contributed by atoms with Crippen LogP contribution in [-0.4, -0.2) is 26.3 Å². The van der Waals surface area contributed by atoms with Gasteiger partial charge in [-0.1, -0.05) is 23.7 Å². The van der Waals surface area contributed by atoms with Crippen LogP contribution < -0.4 is 5.32 Å². The monoisotopic (exact) mass is 657 g/mol. The molecule has 0 atom stereocenters. The van der Waals surface area contributed by atoms with Crippen LogP contribution in [0.1, 0.15) is 15.9 Å². The van der Waals surface area contributed by atoms with Crippen molar-refractivity contribution < 1.29 is 14.7 Å². The molecule has 0 radical (unpaired) electrons. The number of aromatic nitrogens is 2. The first-order valence-corrected chi connectivity index (χ1v) is 11.6. The minimum atomic E-state index is -0.817. The second-order valence-electron chi connectivity index (χ2n) is 6.76. The van der Waals surface area contributed by atoms with Crippen molar-refractivity contribution >= 4 is 85.1 Å². The Bertz CT molecular complexity index is 1300. The standard InChI is InChI=1S/C22H14ClI2N3O3/c23-17-8-26-9-18(25)20(17)27-22(31)21(30)16-11-28(10-12-1-3-13(24)4-2-12)19-6-5-14(29)7-15(16)19/h1-9,11,29H,10H2,(H,26,27,31). The van der Waals surface area contributed by atoms with Gasteiger partial charge in [0.15, 0.2) is 0 Å². The molecule has 0 aliphatic carbocycles. The molecule has 4 aromatic rings. The number of carbonyl (C=O) groups excluding carboxylic acids is 2. The zero-order valence-electron chi connectivity index (χ0n) is 15.8. The van der Waals surface area contributed by atoms with Crippen LogP contribution in [0.15, 0.2) is 61.1 Å². The highest BCUT2D eigenvalue weighted by atomic mass is 127. The fourth-order valence-electron chi connectivity index (χ4n) is 3.21. The first-order valence-electron chi connectivity index (χ1n) is 9.04. The van der Waals surface area contributed by atoms with E-state index < -0.39 is 11.7 Å². The maximum Gasteiger partial charge on any atom is 0.296 e. The third-order valence-electron chi connectivity index (χ3n) is 4.67. The number of carbonyl (C=O) groups is 2. The van der Waals surface area contributed by atoms with Gasteiger partial charge in [-0.25, -0.2) is 0 Å². The molecular weight excluding hydrogens is 644 g/mol. The lowest BCUT2D eigenvalue weighted by Gasteiger charge is -2.08. The van der Waals surface area contributed by atoms with Gasteiger partial charge in [0.2, 0.25) is 0 Å². The van der Waals surface area contributed by atoms with Gasteiger partial charge in [0.25, 0.3) is 11.7 Å². The molecule has 2 heterocycles. The first-order chi connectivity index (χ1) is 14.8. The van der Waals surface area contributed by atoms with Crippen LogP contribution in [0.3, 0.4) is 0 Å². The quantitative estimate of drug-likeness (QED) is 0.169. The summed E-state index contributed by atoms with van der Waals surface area (Å²) in [5.41, 5.74) is 2.33. The summed E-state index contributed by atoms with van der Waals surface area (Å²) >= 11 is 10.3. The molecule has 0 aliphatic heterocycles. The Balaban J connectivity index is 1.71. The predicted molar refractivity (Wildman–Crippen MR) is 137 cm³/mol. The molecule has 0 spiro atoms. The van der Waals surface area contributed by atoms with E-state index in [9.17, 15) is 14.7 Å². The van der Waals surface area contributed by atoms with Gasteiger partial charge in [-0.3, -0.25) is 14.6 Å². The summed E-state index contributed by atoms with van der Waals surface area (Å²) in [6, 6.07) is 12.8. The van der Waals surface area contributed by atoms with Crippen molar-refractivity contribution in [2.75, 3.05) is 5.32 Å². The topological polar surface area (TPSA) is 84.2 Å². The fourth-order valence-corrected chi connectivity index (χ4v) is 4.52. The summed E-state index contributed by atoms with van der Waals surface area (Å²) in [5.74, 6) is -1.52. The molecule has 2 aromatic heterocycles. The molecule has 1 amide bonds. The van der Waals surface area contributed by atoms with E-state index in [4.69, 9.17) is 11.6 Å². The van der Waals surface area contributed by atoms with Gasteiger partial charge in [-0.2, -0.15) is 0 Å². The lowest BCUT2D eigenvalue weighted by atomic mass is 10.1. The number of nitrogens with one attached hydrogen (secondary N) is 1. The van der Waals surface area contributed by atoms with Gasteiger partial charge in [-0.05, 0) is 81.1 Å². The van der Waals surface area contributed by atoms with Crippen LogP contribution in [0.4, 0.5) is 5.69 Å². The number of nitrogens with zero attached hydrogens (tertiary/aromatic N) is 2. The van der Waals surface area contributed by atoms with Gasteiger partial charge in [0.05, 0.1) is 19.8 Å². The fraction of sp³-hybridized carbons (Fsp3) is 0.0455. The molecular formula is C22H14ClI2N3O3. The molecule has 0 saturated carbocycles. The number of hydrogen-bond acceptors (Lipinski definition) is 4. The third-order valence-corrected chi connectivity index (χ3v) is 6.50. The second-order valence-corrected chi connectivity index (χ2v) is 9.58. The molecule has 0 bridgehead atoms. The molecule has 0 unspecified atom stereocenters. The zero-order valence-corrected chi connectivity index (χ0v) is 20.8. The van der Waals surface area contributed by atoms with Crippen LogP contribution in [-0.2, 0) is 11.3 Å². The molecule has 2 aromatic carbocycles. The van der Waals surface area contributed by atoms with E-state index in [1.807, 2.05) is 51.4 Å². The SMILES string of the molecule is O=C(Nc1c(Cl)cncc1I)C(=O)c1cn(Cc2ccc(I)cc2)c2ccc(O)cc12. The van der Waals surface area contributed by atoms with Crippen LogP contribution in [0, 0.1) is 7.14 Å². The summed E-state index contributed by atoms with van der Waals surface area (Å²) < 4.78 is 3.63. The molecule has 9 heteroatoms. The normalized spacial score (nSPS) is 10.9. The molecule has 0 fully saturated rings. The lowest BCUT2D eigenvalue weighted by molar-refractivity contribution is -0.112. The minimum absolute atomic E-state index is 0.0145. The number of amides is 1. The highest BCUT2D eigenvalue weighted by molar-refractivity contribution is 14.1. The summed E-state index contributed by atoms with van der Waals surface area (Å²) in [7, 11) is 0. The maximum absolute atomic E-state index is 13.0. The van der Waals surface area contributed by atoms with Gasteiger partial charge in [-0.15, -0.1) is 0 Å². The molecule has 6 nitrogen and oxygen atoms in total. The number of benzene rings is 2. The minimum Gasteiger partial charge on any atom is -0.508 e. The number of anilines is 1. The average molecular weight is 658 g/mol. The average Bonchev–Trinajstić information content (AvgIpc) is 3.09. The highest BCUT2D eigenvalue weighted by Crippen LogP contribution is 2.29. The Labute approximate surface area is 209 Å².